The molecule has 0 saturated carbocycles. The predicted octanol–water partition coefficient (Wildman–Crippen LogP) is 3.09. The molecule has 2 aromatic rings. The molecule has 1 aliphatic rings. The zero-order valence-corrected chi connectivity index (χ0v) is 14.6. The molecule has 2 aromatic carbocycles. The van der Waals surface area contributed by atoms with Crippen LogP contribution in [0.2, 0.25) is 0 Å². The Morgan fingerprint density at radius 2 is 1.88 bits per heavy atom. The van der Waals surface area contributed by atoms with Crippen molar-refractivity contribution in [2.45, 2.75) is 26.4 Å². The molecular formula is C20H19NO5. The smallest absolute Gasteiger partial charge is 0.339 e. The Morgan fingerprint density at radius 1 is 1.12 bits per heavy atom. The molecule has 1 atom stereocenters. The van der Waals surface area contributed by atoms with Gasteiger partial charge in [0.2, 0.25) is 0 Å². The molecule has 0 bridgehead atoms. The molecule has 1 aliphatic heterocycles. The number of ether oxygens (including phenoxy) is 2. The average Bonchev–Trinajstić information content (AvgIpc) is 2.93. The maximum atomic E-state index is 12.0. The van der Waals surface area contributed by atoms with Crippen LogP contribution in [0.4, 0.5) is 5.69 Å². The number of rotatable bonds is 5. The highest BCUT2D eigenvalue weighted by Crippen LogP contribution is 2.32. The number of benzene rings is 2. The van der Waals surface area contributed by atoms with Crippen LogP contribution in [0.1, 0.15) is 39.6 Å². The number of aryl methyl sites for hydroxylation is 2. The maximum absolute atomic E-state index is 12.0. The van der Waals surface area contributed by atoms with Crippen LogP contribution in [-0.4, -0.2) is 24.5 Å². The van der Waals surface area contributed by atoms with E-state index >= 15 is 0 Å². The zero-order chi connectivity index (χ0) is 18.7. The summed E-state index contributed by atoms with van der Waals surface area (Å²) in [7, 11) is 0. The van der Waals surface area contributed by atoms with Crippen LogP contribution >= 0.6 is 0 Å². The van der Waals surface area contributed by atoms with E-state index in [9.17, 15) is 14.4 Å². The second kappa shape index (κ2) is 7.39. The Kier molecular flexibility index (Phi) is 5.02. The van der Waals surface area contributed by atoms with Crippen molar-refractivity contribution in [3.63, 3.8) is 0 Å². The minimum atomic E-state index is -0.672. The number of carbonyl (C=O) groups is 3. The number of amides is 1. The van der Waals surface area contributed by atoms with Crippen LogP contribution in [0.5, 0.6) is 0 Å². The molecule has 0 radical (unpaired) electrons. The first-order chi connectivity index (χ1) is 12.4. The Balaban J connectivity index is 1.51. The lowest BCUT2D eigenvalue weighted by molar-refractivity contribution is -0.149. The van der Waals surface area contributed by atoms with Gasteiger partial charge in [0.15, 0.2) is 6.61 Å². The molecule has 1 amide bonds. The number of hydrogen-bond acceptors (Lipinski definition) is 5. The Morgan fingerprint density at radius 3 is 2.65 bits per heavy atom. The van der Waals surface area contributed by atoms with Gasteiger partial charge in [-0.2, -0.15) is 0 Å². The van der Waals surface area contributed by atoms with Gasteiger partial charge < -0.3 is 14.8 Å². The number of anilines is 1. The van der Waals surface area contributed by atoms with E-state index in [1.807, 2.05) is 26.0 Å². The molecule has 134 valence electrons. The Bertz CT molecular complexity index is 874. The van der Waals surface area contributed by atoms with Crippen LogP contribution in [0.15, 0.2) is 42.5 Å². The van der Waals surface area contributed by atoms with Gasteiger partial charge in [-0.25, -0.2) is 4.79 Å². The lowest BCUT2D eigenvalue weighted by Crippen LogP contribution is -2.21. The minimum Gasteiger partial charge on any atom is -0.455 e. The zero-order valence-electron chi connectivity index (χ0n) is 14.6. The molecule has 1 heterocycles. The normalized spacial score (nSPS) is 15.2. The lowest BCUT2D eigenvalue weighted by atomic mass is 10.0. The largest absolute Gasteiger partial charge is 0.455 e. The number of fused-ring (bicyclic) bond motifs is 1. The molecule has 0 aliphatic carbocycles. The molecule has 3 rings (SSSR count). The molecule has 1 unspecified atom stereocenters. The molecule has 0 spiro atoms. The maximum Gasteiger partial charge on any atom is 0.339 e. The van der Waals surface area contributed by atoms with Crippen molar-refractivity contribution >= 4 is 23.5 Å². The van der Waals surface area contributed by atoms with Gasteiger partial charge >= 0.3 is 11.9 Å². The first-order valence-electron chi connectivity index (χ1n) is 8.26. The van der Waals surface area contributed by atoms with Crippen molar-refractivity contribution in [1.82, 2.24) is 0 Å². The van der Waals surface area contributed by atoms with Crippen LogP contribution < -0.4 is 5.32 Å². The Labute approximate surface area is 151 Å². The van der Waals surface area contributed by atoms with Crippen molar-refractivity contribution in [2.75, 3.05) is 11.9 Å². The third-order valence-corrected chi connectivity index (χ3v) is 4.28. The lowest BCUT2D eigenvalue weighted by Gasteiger charge is -2.11. The van der Waals surface area contributed by atoms with Crippen LogP contribution in [0.25, 0.3) is 0 Å². The summed E-state index contributed by atoms with van der Waals surface area (Å²) in [5, 5.41) is 2.68. The SMILES string of the molecule is Cc1ccc(NC(=O)COC(=O)CC2OC(=O)c3ccccc32)cc1C. The molecule has 0 aromatic heterocycles. The van der Waals surface area contributed by atoms with Gasteiger partial charge in [0.1, 0.15) is 6.10 Å². The fourth-order valence-electron chi connectivity index (χ4n) is 2.74. The van der Waals surface area contributed by atoms with Crippen LogP contribution in [-0.2, 0) is 19.1 Å². The van der Waals surface area contributed by atoms with Gasteiger partial charge in [-0.05, 0) is 43.2 Å². The van der Waals surface area contributed by atoms with Crippen LogP contribution in [0.3, 0.4) is 0 Å². The second-order valence-electron chi connectivity index (χ2n) is 6.19. The van der Waals surface area contributed by atoms with Crippen LogP contribution in [0, 0.1) is 13.8 Å². The summed E-state index contributed by atoms with van der Waals surface area (Å²) in [5.74, 6) is -1.48. The first-order valence-corrected chi connectivity index (χ1v) is 8.26. The van der Waals surface area contributed by atoms with E-state index in [2.05, 4.69) is 5.32 Å². The summed E-state index contributed by atoms with van der Waals surface area (Å²) in [6, 6.07) is 12.4. The van der Waals surface area contributed by atoms with Gasteiger partial charge in [0.05, 0.1) is 12.0 Å². The van der Waals surface area contributed by atoms with Crippen molar-refractivity contribution < 1.29 is 23.9 Å². The summed E-state index contributed by atoms with van der Waals surface area (Å²) in [5.41, 5.74) is 3.95. The molecule has 6 nitrogen and oxygen atoms in total. The van der Waals surface area contributed by atoms with E-state index in [-0.39, 0.29) is 6.42 Å². The van der Waals surface area contributed by atoms with Crippen molar-refractivity contribution in [3.8, 4) is 0 Å². The number of cyclic esters (lactones) is 1. The summed E-state index contributed by atoms with van der Waals surface area (Å²) in [6.07, 6.45) is -0.798. The molecule has 6 heteroatoms. The topological polar surface area (TPSA) is 81.7 Å². The summed E-state index contributed by atoms with van der Waals surface area (Å²) in [6.45, 7) is 3.54. The second-order valence-corrected chi connectivity index (χ2v) is 6.19. The van der Waals surface area contributed by atoms with E-state index in [4.69, 9.17) is 9.47 Å². The highest BCUT2D eigenvalue weighted by Gasteiger charge is 2.32. The molecular weight excluding hydrogens is 334 g/mol. The number of carbonyl (C=O) groups excluding carboxylic acids is 3. The van der Waals surface area contributed by atoms with Gasteiger partial charge in [0.25, 0.3) is 5.91 Å². The number of hydrogen-bond donors (Lipinski definition) is 1. The third kappa shape index (κ3) is 3.91. The first kappa shape index (κ1) is 17.7. The highest BCUT2D eigenvalue weighted by atomic mass is 16.6. The van der Waals surface area contributed by atoms with Gasteiger partial charge in [-0.1, -0.05) is 24.3 Å². The summed E-state index contributed by atoms with van der Waals surface area (Å²) >= 11 is 0. The van der Waals surface area contributed by atoms with E-state index in [1.165, 1.54) is 0 Å². The monoisotopic (exact) mass is 353 g/mol. The average molecular weight is 353 g/mol. The molecule has 26 heavy (non-hydrogen) atoms. The fourth-order valence-corrected chi connectivity index (χ4v) is 2.74. The van der Waals surface area contributed by atoms with Crippen molar-refractivity contribution in [3.05, 3.63) is 64.7 Å². The molecule has 0 saturated heterocycles. The van der Waals surface area contributed by atoms with Gasteiger partial charge in [0, 0.05) is 11.3 Å². The third-order valence-electron chi connectivity index (χ3n) is 4.28. The standard InChI is InChI=1S/C20H19NO5/c1-12-7-8-14(9-13(12)2)21-18(22)11-25-19(23)10-17-15-5-3-4-6-16(15)20(24)26-17/h3-9,17H,10-11H2,1-2H3,(H,21,22). The van der Waals surface area contributed by atoms with E-state index in [0.29, 0.717) is 16.8 Å². The van der Waals surface area contributed by atoms with E-state index < -0.39 is 30.6 Å². The summed E-state index contributed by atoms with van der Waals surface area (Å²) < 4.78 is 10.2. The van der Waals surface area contributed by atoms with Gasteiger partial charge in [-0.15, -0.1) is 0 Å². The molecule has 1 N–H and O–H groups in total. The predicted molar refractivity (Wildman–Crippen MR) is 94.7 cm³/mol. The minimum absolute atomic E-state index is 0.125. The quantitative estimate of drug-likeness (QED) is 0.836. The van der Waals surface area contributed by atoms with Gasteiger partial charge in [-0.3, -0.25) is 9.59 Å². The van der Waals surface area contributed by atoms with Crippen molar-refractivity contribution in [2.24, 2.45) is 0 Å². The van der Waals surface area contributed by atoms with E-state index in [1.54, 1.807) is 30.3 Å². The number of esters is 2. The van der Waals surface area contributed by atoms with Crippen molar-refractivity contribution in [1.29, 1.82) is 0 Å². The summed E-state index contributed by atoms with van der Waals surface area (Å²) in [4.78, 5) is 35.6. The van der Waals surface area contributed by atoms with E-state index in [0.717, 1.165) is 11.1 Å². The number of nitrogens with one attached hydrogen (secondary N) is 1. The molecule has 0 fully saturated rings. The highest BCUT2D eigenvalue weighted by molar-refractivity contribution is 5.95. The Hall–Kier alpha value is -3.15. The fraction of sp³-hybridized carbons (Fsp3) is 0.250.